The Morgan fingerprint density at radius 1 is 0.950 bits per heavy atom. The molecule has 2 aliphatic heterocycles. The van der Waals surface area contributed by atoms with E-state index in [9.17, 15) is 4.79 Å². The summed E-state index contributed by atoms with van der Waals surface area (Å²) in [5, 5.41) is 9.58. The van der Waals surface area contributed by atoms with Crippen LogP contribution < -0.4 is 30.5 Å². The summed E-state index contributed by atoms with van der Waals surface area (Å²) in [6.07, 6.45) is 1.52. The fraction of sp³-hybridized carbons (Fsp3) is 0.393. The Bertz CT molecular complexity index is 1340. The van der Waals surface area contributed by atoms with Crippen LogP contribution in [0.25, 0.3) is 0 Å². The number of carbonyl (C=O) groups excluding carboxylic acids is 1. The second-order valence-electron chi connectivity index (χ2n) is 9.72. The number of ether oxygens (including phenoxy) is 2. The first-order chi connectivity index (χ1) is 19.4. The zero-order valence-electron chi connectivity index (χ0n) is 23.0. The van der Waals surface area contributed by atoms with Gasteiger partial charge >= 0.3 is 0 Å². The molecule has 2 aliphatic rings. The number of anilines is 6. The molecular formula is C28H35ClN8O3. The molecule has 2 saturated heterocycles. The highest BCUT2D eigenvalue weighted by Crippen LogP contribution is 2.34. The Labute approximate surface area is 239 Å². The number of piperazine rings is 1. The van der Waals surface area contributed by atoms with Gasteiger partial charge < -0.3 is 40.1 Å². The van der Waals surface area contributed by atoms with E-state index in [2.05, 4.69) is 47.7 Å². The lowest BCUT2D eigenvalue weighted by Crippen LogP contribution is -2.44. The van der Waals surface area contributed by atoms with Gasteiger partial charge in [0.15, 0.2) is 5.82 Å². The monoisotopic (exact) mass is 566 g/mol. The van der Waals surface area contributed by atoms with Gasteiger partial charge in [0.2, 0.25) is 5.95 Å². The zero-order valence-corrected chi connectivity index (χ0v) is 23.8. The molecule has 40 heavy (non-hydrogen) atoms. The minimum absolute atomic E-state index is 0.202. The topological polar surface area (TPSA) is 107 Å². The van der Waals surface area contributed by atoms with E-state index in [1.54, 1.807) is 14.2 Å². The third-order valence-corrected chi connectivity index (χ3v) is 7.42. The molecule has 3 heterocycles. The highest BCUT2D eigenvalue weighted by atomic mass is 35.5. The smallest absolute Gasteiger partial charge is 0.253 e. The lowest BCUT2D eigenvalue weighted by molar-refractivity contribution is 0.0964. The molecule has 0 radical (unpaired) electrons. The van der Waals surface area contributed by atoms with Crippen LogP contribution in [0.5, 0.6) is 5.75 Å². The van der Waals surface area contributed by atoms with E-state index in [1.165, 1.54) is 6.20 Å². The molecule has 5 rings (SSSR count). The number of amides is 1. The molecule has 3 aromatic rings. The summed E-state index contributed by atoms with van der Waals surface area (Å²) in [5.41, 5.74) is 3.87. The highest BCUT2D eigenvalue weighted by Gasteiger charge is 2.20. The van der Waals surface area contributed by atoms with Gasteiger partial charge in [0.1, 0.15) is 10.8 Å². The van der Waals surface area contributed by atoms with Crippen molar-refractivity contribution in [2.24, 2.45) is 0 Å². The summed E-state index contributed by atoms with van der Waals surface area (Å²) in [4.78, 5) is 28.7. The zero-order chi connectivity index (χ0) is 28.1. The maximum atomic E-state index is 12.9. The molecule has 0 aliphatic carbocycles. The summed E-state index contributed by atoms with van der Waals surface area (Å²) < 4.78 is 11.1. The Morgan fingerprint density at radius 3 is 2.38 bits per heavy atom. The van der Waals surface area contributed by atoms with E-state index in [0.717, 1.165) is 56.3 Å². The quantitative estimate of drug-likeness (QED) is 0.374. The second-order valence-corrected chi connectivity index (χ2v) is 10.1. The van der Waals surface area contributed by atoms with Gasteiger partial charge in [-0.3, -0.25) is 4.79 Å². The highest BCUT2D eigenvalue weighted by molar-refractivity contribution is 6.33. The van der Waals surface area contributed by atoms with E-state index in [4.69, 9.17) is 21.1 Å². The molecule has 11 nitrogen and oxygen atoms in total. The van der Waals surface area contributed by atoms with Crippen molar-refractivity contribution in [1.82, 2.24) is 20.2 Å². The van der Waals surface area contributed by atoms with Crippen LogP contribution in [-0.2, 0) is 4.74 Å². The normalized spacial score (nSPS) is 16.0. The van der Waals surface area contributed by atoms with Crippen LogP contribution in [0.4, 0.5) is 34.5 Å². The third-order valence-electron chi connectivity index (χ3n) is 7.15. The fourth-order valence-electron chi connectivity index (χ4n) is 4.80. The van der Waals surface area contributed by atoms with Crippen molar-refractivity contribution in [1.29, 1.82) is 0 Å². The molecule has 0 unspecified atom stereocenters. The summed E-state index contributed by atoms with van der Waals surface area (Å²) in [7, 11) is 5.36. The number of rotatable bonds is 8. The minimum atomic E-state index is -0.202. The van der Waals surface area contributed by atoms with Crippen LogP contribution in [0.3, 0.4) is 0 Å². The number of hydrogen-bond donors (Lipinski definition) is 3. The number of nitrogens with zero attached hydrogens (tertiary/aromatic N) is 5. The van der Waals surface area contributed by atoms with Gasteiger partial charge in [-0.1, -0.05) is 11.6 Å². The van der Waals surface area contributed by atoms with Crippen molar-refractivity contribution >= 4 is 52.0 Å². The van der Waals surface area contributed by atoms with Crippen molar-refractivity contribution in [3.63, 3.8) is 0 Å². The van der Waals surface area contributed by atoms with E-state index < -0.39 is 0 Å². The van der Waals surface area contributed by atoms with E-state index in [1.807, 2.05) is 36.4 Å². The van der Waals surface area contributed by atoms with Gasteiger partial charge in [0.05, 0.1) is 43.5 Å². The average molecular weight is 567 g/mol. The van der Waals surface area contributed by atoms with Crippen LogP contribution in [-0.4, -0.2) is 94.5 Å². The molecule has 0 spiro atoms. The molecule has 212 valence electrons. The minimum Gasteiger partial charge on any atom is -0.495 e. The lowest BCUT2D eigenvalue weighted by atomic mass is 10.1. The Hall–Kier alpha value is -3.80. The van der Waals surface area contributed by atoms with Crippen LogP contribution in [0.2, 0.25) is 5.02 Å². The molecule has 0 saturated carbocycles. The molecular weight excluding hydrogens is 532 g/mol. The number of likely N-dealkylation sites (N-methyl/N-ethyl adjacent to an activating group) is 1. The standard InChI is InChI=1S/C28H35ClN8O3/c1-30-27(38)21-16-19(36-10-8-35(2)9-11-36)4-6-23(21)32-26-22(29)18-31-28(34-26)33-24-17-20(5-7-25(24)39-3)37-12-14-40-15-13-37/h4-7,16-18H,8-15H2,1-3H3,(H,30,38)(H2,31,32,33,34). The number of carbonyl (C=O) groups is 1. The Balaban J connectivity index is 1.40. The van der Waals surface area contributed by atoms with Gasteiger partial charge in [0, 0.05) is 57.7 Å². The number of aromatic nitrogens is 2. The number of morpholine rings is 1. The number of benzene rings is 2. The molecule has 1 amide bonds. The van der Waals surface area contributed by atoms with Gasteiger partial charge in [-0.2, -0.15) is 4.98 Å². The summed E-state index contributed by atoms with van der Waals surface area (Å²) in [6, 6.07) is 11.8. The average Bonchev–Trinajstić information content (AvgIpc) is 2.99. The molecule has 12 heteroatoms. The predicted octanol–water partition coefficient (Wildman–Crippen LogP) is 3.57. The first-order valence-electron chi connectivity index (χ1n) is 13.3. The van der Waals surface area contributed by atoms with Crippen molar-refractivity contribution in [2.75, 3.05) is 94.1 Å². The maximum Gasteiger partial charge on any atom is 0.253 e. The molecule has 3 N–H and O–H groups in total. The lowest BCUT2D eigenvalue weighted by Gasteiger charge is -2.34. The molecule has 2 aromatic carbocycles. The van der Waals surface area contributed by atoms with Gasteiger partial charge in [-0.15, -0.1) is 0 Å². The number of halogens is 1. The van der Waals surface area contributed by atoms with Crippen molar-refractivity contribution in [3.8, 4) is 5.75 Å². The van der Waals surface area contributed by atoms with Gasteiger partial charge in [-0.05, 0) is 43.4 Å². The largest absolute Gasteiger partial charge is 0.495 e. The van der Waals surface area contributed by atoms with Crippen molar-refractivity contribution < 1.29 is 14.3 Å². The second kappa shape index (κ2) is 12.6. The molecule has 0 atom stereocenters. The predicted molar refractivity (Wildman–Crippen MR) is 159 cm³/mol. The van der Waals surface area contributed by atoms with Crippen LogP contribution >= 0.6 is 11.6 Å². The van der Waals surface area contributed by atoms with Crippen LogP contribution in [0.15, 0.2) is 42.6 Å². The van der Waals surface area contributed by atoms with E-state index in [0.29, 0.717) is 47.0 Å². The number of hydrogen-bond acceptors (Lipinski definition) is 10. The molecule has 0 bridgehead atoms. The Kier molecular flexibility index (Phi) is 8.73. The Morgan fingerprint density at radius 2 is 1.65 bits per heavy atom. The first kappa shape index (κ1) is 27.8. The van der Waals surface area contributed by atoms with Crippen molar-refractivity contribution in [3.05, 3.63) is 53.2 Å². The first-order valence-corrected chi connectivity index (χ1v) is 13.7. The maximum absolute atomic E-state index is 12.9. The van der Waals surface area contributed by atoms with E-state index >= 15 is 0 Å². The number of methoxy groups -OCH3 is 1. The molecule has 2 fully saturated rings. The summed E-state index contributed by atoms with van der Waals surface area (Å²) in [6.45, 7) is 6.77. The fourth-order valence-corrected chi connectivity index (χ4v) is 4.94. The van der Waals surface area contributed by atoms with Gasteiger partial charge in [0.25, 0.3) is 5.91 Å². The van der Waals surface area contributed by atoms with E-state index in [-0.39, 0.29) is 5.91 Å². The summed E-state index contributed by atoms with van der Waals surface area (Å²) >= 11 is 6.50. The van der Waals surface area contributed by atoms with Crippen molar-refractivity contribution in [2.45, 2.75) is 0 Å². The molecule has 1 aromatic heterocycles. The van der Waals surface area contributed by atoms with Crippen LogP contribution in [0.1, 0.15) is 10.4 Å². The van der Waals surface area contributed by atoms with Crippen LogP contribution in [0, 0.1) is 0 Å². The summed E-state index contributed by atoms with van der Waals surface area (Å²) in [5.74, 6) is 1.16. The number of nitrogens with one attached hydrogen (secondary N) is 3. The SMILES string of the molecule is CNC(=O)c1cc(N2CCN(C)CC2)ccc1Nc1nc(Nc2cc(N3CCOCC3)ccc2OC)ncc1Cl. The third kappa shape index (κ3) is 6.33. The van der Waals surface area contributed by atoms with Gasteiger partial charge in [-0.25, -0.2) is 4.98 Å².